The first kappa shape index (κ1) is 15.0. The van der Waals surface area contributed by atoms with Crippen LogP contribution < -0.4 is 10.1 Å². The maximum absolute atomic E-state index is 5.51. The first-order valence-electron chi connectivity index (χ1n) is 6.39. The molecule has 0 aliphatic carbocycles. The van der Waals surface area contributed by atoms with Crippen LogP contribution >= 0.6 is 11.8 Å². The molecule has 18 heavy (non-hydrogen) atoms. The molecule has 1 rings (SSSR count). The Morgan fingerprint density at radius 3 is 2.61 bits per heavy atom. The summed E-state index contributed by atoms with van der Waals surface area (Å²) >= 11 is 1.65. The van der Waals surface area contributed by atoms with Gasteiger partial charge in [0.2, 0.25) is 5.95 Å². The van der Waals surface area contributed by atoms with Crippen LogP contribution in [0.25, 0.3) is 0 Å². The lowest BCUT2D eigenvalue weighted by Crippen LogP contribution is -2.11. The third-order valence-electron chi connectivity index (χ3n) is 2.14. The van der Waals surface area contributed by atoms with Crippen molar-refractivity contribution in [1.29, 1.82) is 0 Å². The Labute approximate surface area is 113 Å². The summed E-state index contributed by atoms with van der Waals surface area (Å²) < 4.78 is 5.51. The Hall–Kier alpha value is -1.04. The van der Waals surface area contributed by atoms with E-state index in [1.807, 2.05) is 13.8 Å². The first-order chi connectivity index (χ1) is 8.65. The summed E-state index contributed by atoms with van der Waals surface area (Å²) in [6, 6.07) is 0.391. The number of thioether (sulfide) groups is 1. The first-order valence-corrected chi connectivity index (χ1v) is 7.37. The standard InChI is InChI=1S/C12H22N4OS/c1-5-6-7-8-18-12-15-10(13-4)14-11(16-12)17-9(2)3/h9H,5-8H2,1-4H3,(H,13,14,15,16). The molecule has 1 aromatic heterocycles. The molecule has 1 N–H and O–H groups in total. The summed E-state index contributed by atoms with van der Waals surface area (Å²) in [5, 5.41) is 3.65. The minimum atomic E-state index is 0.0649. The van der Waals surface area contributed by atoms with E-state index in [1.165, 1.54) is 19.3 Å². The van der Waals surface area contributed by atoms with Gasteiger partial charge in [-0.25, -0.2) is 0 Å². The molecule has 0 aliphatic heterocycles. The van der Waals surface area contributed by atoms with Gasteiger partial charge in [-0.05, 0) is 20.3 Å². The fourth-order valence-corrected chi connectivity index (χ4v) is 2.12. The molecule has 0 unspecified atom stereocenters. The predicted molar refractivity (Wildman–Crippen MR) is 75.4 cm³/mol. The molecule has 0 amide bonds. The summed E-state index contributed by atoms with van der Waals surface area (Å²) in [5.41, 5.74) is 0. The Bertz CT molecular complexity index is 360. The number of nitrogens with zero attached hydrogens (tertiary/aromatic N) is 3. The molecule has 0 spiro atoms. The SMILES string of the molecule is CCCCCSc1nc(NC)nc(OC(C)C)n1. The lowest BCUT2D eigenvalue weighted by molar-refractivity contribution is 0.219. The Kier molecular flexibility index (Phi) is 6.78. The second-order valence-corrected chi connectivity index (χ2v) is 5.26. The van der Waals surface area contributed by atoms with Crippen LogP contribution in [0.4, 0.5) is 5.95 Å². The van der Waals surface area contributed by atoms with Crippen LogP contribution in [-0.2, 0) is 0 Å². The van der Waals surface area contributed by atoms with Crippen LogP contribution in [0.15, 0.2) is 5.16 Å². The average molecular weight is 270 g/mol. The molecule has 0 aliphatic rings. The predicted octanol–water partition coefficient (Wildman–Crippen LogP) is 2.98. The molecule has 102 valence electrons. The Morgan fingerprint density at radius 2 is 2.00 bits per heavy atom. The van der Waals surface area contributed by atoms with Gasteiger partial charge in [0.25, 0.3) is 0 Å². The van der Waals surface area contributed by atoms with E-state index in [-0.39, 0.29) is 6.10 Å². The van der Waals surface area contributed by atoms with Crippen LogP contribution in [0, 0.1) is 0 Å². The molecule has 1 aromatic rings. The highest BCUT2D eigenvalue weighted by molar-refractivity contribution is 7.99. The van der Waals surface area contributed by atoms with Gasteiger partial charge in [0.05, 0.1) is 6.10 Å². The lowest BCUT2D eigenvalue weighted by Gasteiger charge is -2.09. The molecule has 0 fully saturated rings. The summed E-state index contributed by atoms with van der Waals surface area (Å²) in [6.07, 6.45) is 3.71. The third kappa shape index (κ3) is 5.53. The van der Waals surface area contributed by atoms with Crippen molar-refractivity contribution < 1.29 is 4.74 Å². The lowest BCUT2D eigenvalue weighted by atomic mass is 10.3. The number of ether oxygens (including phenoxy) is 1. The molecule has 1 heterocycles. The number of hydrogen-bond acceptors (Lipinski definition) is 6. The zero-order valence-electron chi connectivity index (χ0n) is 11.6. The molecular formula is C12H22N4OS. The van der Waals surface area contributed by atoms with Gasteiger partial charge in [-0.15, -0.1) is 0 Å². The molecule has 5 nitrogen and oxygen atoms in total. The Morgan fingerprint density at radius 1 is 1.22 bits per heavy atom. The van der Waals surface area contributed by atoms with Gasteiger partial charge in [-0.1, -0.05) is 31.5 Å². The maximum atomic E-state index is 5.51. The number of unbranched alkanes of at least 4 members (excludes halogenated alkanes) is 2. The van der Waals surface area contributed by atoms with Gasteiger partial charge >= 0.3 is 6.01 Å². The van der Waals surface area contributed by atoms with Crippen molar-refractivity contribution in [2.45, 2.75) is 51.3 Å². The van der Waals surface area contributed by atoms with E-state index in [9.17, 15) is 0 Å². The van der Waals surface area contributed by atoms with Crippen LogP contribution in [-0.4, -0.2) is 33.9 Å². The van der Waals surface area contributed by atoms with E-state index < -0.39 is 0 Å². The third-order valence-corrected chi connectivity index (χ3v) is 3.07. The number of nitrogens with one attached hydrogen (secondary N) is 1. The zero-order chi connectivity index (χ0) is 13.4. The summed E-state index contributed by atoms with van der Waals surface area (Å²) in [4.78, 5) is 12.8. The van der Waals surface area contributed by atoms with Gasteiger partial charge in [0.15, 0.2) is 5.16 Å². The van der Waals surface area contributed by atoms with Crippen molar-refractivity contribution >= 4 is 17.7 Å². The largest absolute Gasteiger partial charge is 0.461 e. The molecule has 0 saturated carbocycles. The quantitative estimate of drug-likeness (QED) is 0.579. The van der Waals surface area contributed by atoms with Crippen molar-refractivity contribution in [2.75, 3.05) is 18.1 Å². The van der Waals surface area contributed by atoms with Crippen LogP contribution in [0.3, 0.4) is 0 Å². The highest BCUT2D eigenvalue weighted by atomic mass is 32.2. The van der Waals surface area contributed by atoms with Crippen molar-refractivity contribution in [3.8, 4) is 6.01 Å². The molecular weight excluding hydrogens is 248 g/mol. The van der Waals surface area contributed by atoms with E-state index in [0.717, 1.165) is 10.9 Å². The van der Waals surface area contributed by atoms with E-state index in [1.54, 1.807) is 18.8 Å². The molecule has 0 atom stereocenters. The van der Waals surface area contributed by atoms with E-state index in [4.69, 9.17) is 4.74 Å². The van der Waals surface area contributed by atoms with E-state index in [2.05, 4.69) is 27.2 Å². The number of aromatic nitrogens is 3. The molecule has 0 saturated heterocycles. The van der Waals surface area contributed by atoms with Crippen molar-refractivity contribution in [3.63, 3.8) is 0 Å². The van der Waals surface area contributed by atoms with Crippen LogP contribution in [0.5, 0.6) is 6.01 Å². The van der Waals surface area contributed by atoms with Crippen molar-refractivity contribution in [2.24, 2.45) is 0 Å². The van der Waals surface area contributed by atoms with Gasteiger partial charge in [0, 0.05) is 12.8 Å². The monoisotopic (exact) mass is 270 g/mol. The normalized spacial score (nSPS) is 10.7. The summed E-state index contributed by atoms with van der Waals surface area (Å²) in [6.45, 7) is 6.11. The van der Waals surface area contributed by atoms with Crippen LogP contribution in [0.2, 0.25) is 0 Å². The fraction of sp³-hybridized carbons (Fsp3) is 0.750. The highest BCUT2D eigenvalue weighted by Crippen LogP contribution is 2.19. The summed E-state index contributed by atoms with van der Waals surface area (Å²) in [5.74, 6) is 1.58. The van der Waals surface area contributed by atoms with Gasteiger partial charge in [-0.2, -0.15) is 15.0 Å². The topological polar surface area (TPSA) is 59.9 Å². The van der Waals surface area contributed by atoms with E-state index in [0.29, 0.717) is 12.0 Å². The number of rotatable bonds is 8. The smallest absolute Gasteiger partial charge is 0.322 e. The molecule has 0 bridgehead atoms. The fourth-order valence-electron chi connectivity index (χ4n) is 1.29. The van der Waals surface area contributed by atoms with Crippen molar-refractivity contribution in [3.05, 3.63) is 0 Å². The second kappa shape index (κ2) is 8.13. The molecule has 6 heteroatoms. The molecule has 0 radical (unpaired) electrons. The number of anilines is 1. The second-order valence-electron chi connectivity index (χ2n) is 4.20. The van der Waals surface area contributed by atoms with Gasteiger partial charge in [-0.3, -0.25) is 0 Å². The molecule has 0 aromatic carbocycles. The van der Waals surface area contributed by atoms with Crippen molar-refractivity contribution in [1.82, 2.24) is 15.0 Å². The minimum Gasteiger partial charge on any atom is -0.461 e. The van der Waals surface area contributed by atoms with E-state index >= 15 is 0 Å². The minimum absolute atomic E-state index is 0.0649. The van der Waals surface area contributed by atoms with Crippen LogP contribution in [0.1, 0.15) is 40.0 Å². The maximum Gasteiger partial charge on any atom is 0.322 e. The van der Waals surface area contributed by atoms with Gasteiger partial charge in [0.1, 0.15) is 0 Å². The van der Waals surface area contributed by atoms with Gasteiger partial charge < -0.3 is 10.1 Å². The average Bonchev–Trinajstić information content (AvgIpc) is 2.33. The number of hydrogen-bond donors (Lipinski definition) is 1. The summed E-state index contributed by atoms with van der Waals surface area (Å²) in [7, 11) is 1.79. The Balaban J connectivity index is 2.64. The highest BCUT2D eigenvalue weighted by Gasteiger charge is 2.08. The zero-order valence-corrected chi connectivity index (χ0v) is 12.4.